The molecule has 7 nitrogen and oxygen atoms in total. The number of hydrogen-bond donors (Lipinski definition) is 0. The van der Waals surface area contributed by atoms with E-state index in [1.807, 2.05) is 30.3 Å². The first kappa shape index (κ1) is 21.5. The molecule has 0 saturated carbocycles. The van der Waals surface area contributed by atoms with Crippen molar-refractivity contribution in [1.82, 2.24) is 14.7 Å². The maximum Gasteiger partial charge on any atom is 0.278 e. The predicted molar refractivity (Wildman–Crippen MR) is 121 cm³/mol. The number of aromatic nitrogens is 2. The van der Waals surface area contributed by atoms with Gasteiger partial charge in [-0.25, -0.2) is 4.68 Å². The third-order valence-corrected chi connectivity index (χ3v) is 5.84. The van der Waals surface area contributed by atoms with Gasteiger partial charge in [0.1, 0.15) is 5.75 Å². The van der Waals surface area contributed by atoms with E-state index in [-0.39, 0.29) is 17.4 Å². The molecule has 3 aromatic rings. The molecular weight excluding hydrogens is 406 g/mol. The molecule has 1 aliphatic heterocycles. The predicted octanol–water partition coefficient (Wildman–Crippen LogP) is 3.28. The highest BCUT2D eigenvalue weighted by Crippen LogP contribution is 2.24. The van der Waals surface area contributed by atoms with Gasteiger partial charge in [-0.15, -0.1) is 0 Å². The molecule has 1 amide bonds. The van der Waals surface area contributed by atoms with Gasteiger partial charge in [-0.05, 0) is 56.2 Å². The first-order valence-electron chi connectivity index (χ1n) is 10.6. The van der Waals surface area contributed by atoms with Gasteiger partial charge in [0, 0.05) is 36.3 Å². The number of piperidine rings is 1. The number of methoxy groups -OCH3 is 1. The Labute approximate surface area is 186 Å². The molecule has 7 heteroatoms. The van der Waals surface area contributed by atoms with Gasteiger partial charge in [0.15, 0.2) is 11.5 Å². The number of rotatable bonds is 5. The van der Waals surface area contributed by atoms with Crippen LogP contribution < -0.4 is 10.2 Å². The third-order valence-electron chi connectivity index (χ3n) is 5.84. The minimum absolute atomic E-state index is 0.0691. The van der Waals surface area contributed by atoms with Crippen molar-refractivity contribution in [2.24, 2.45) is 5.92 Å². The zero-order valence-corrected chi connectivity index (χ0v) is 18.2. The number of likely N-dealkylation sites (tertiary alicyclic amines) is 1. The van der Waals surface area contributed by atoms with E-state index in [4.69, 9.17) is 4.74 Å². The van der Waals surface area contributed by atoms with E-state index in [9.17, 15) is 14.4 Å². The molecule has 1 saturated heterocycles. The number of amides is 1. The Morgan fingerprint density at radius 3 is 2.28 bits per heavy atom. The summed E-state index contributed by atoms with van der Waals surface area (Å²) in [7, 11) is 1.58. The van der Waals surface area contributed by atoms with Crippen LogP contribution in [-0.4, -0.2) is 46.6 Å². The summed E-state index contributed by atoms with van der Waals surface area (Å²) in [5.41, 5.74) is 1.58. The normalized spacial score (nSPS) is 14.2. The van der Waals surface area contributed by atoms with Gasteiger partial charge in [0.25, 0.3) is 5.91 Å². The van der Waals surface area contributed by atoms with Gasteiger partial charge in [0.2, 0.25) is 5.43 Å². The molecule has 0 spiro atoms. The van der Waals surface area contributed by atoms with Gasteiger partial charge in [-0.1, -0.05) is 18.2 Å². The number of carbonyl (C=O) groups is 2. The molecule has 1 aromatic heterocycles. The summed E-state index contributed by atoms with van der Waals surface area (Å²) in [5, 5.41) is 4.37. The highest BCUT2D eigenvalue weighted by atomic mass is 16.5. The first-order chi connectivity index (χ1) is 15.5. The van der Waals surface area contributed by atoms with E-state index in [0.717, 1.165) is 5.69 Å². The average molecular weight is 431 g/mol. The summed E-state index contributed by atoms with van der Waals surface area (Å²) in [6.07, 6.45) is 1.10. The highest BCUT2D eigenvalue weighted by Gasteiger charge is 2.30. The molecule has 1 fully saturated rings. The number of nitrogens with zero attached hydrogens (tertiary/aromatic N) is 3. The van der Waals surface area contributed by atoms with Crippen LogP contribution in [-0.2, 0) is 0 Å². The number of Topliss-reactive ketones (excluding diaryl/α,β-unsaturated/α-hetero) is 1. The van der Waals surface area contributed by atoms with E-state index in [0.29, 0.717) is 42.9 Å². The van der Waals surface area contributed by atoms with Crippen molar-refractivity contribution < 1.29 is 14.3 Å². The number of aryl methyl sites for hydroxylation is 1. The summed E-state index contributed by atoms with van der Waals surface area (Å²) >= 11 is 0. The average Bonchev–Trinajstić information content (AvgIpc) is 2.84. The molecule has 0 bridgehead atoms. The number of carbonyl (C=O) groups excluding carboxylic acids is 2. The lowest BCUT2D eigenvalue weighted by Gasteiger charge is -2.31. The van der Waals surface area contributed by atoms with Gasteiger partial charge in [-0.3, -0.25) is 14.4 Å². The minimum Gasteiger partial charge on any atom is -0.497 e. The lowest BCUT2D eigenvalue weighted by atomic mass is 9.88. The SMILES string of the molecule is COc1ccc(C(=O)C2CCN(C(=O)c3nn(-c4ccccc4)c(C)cc3=O)CC2)cc1. The fraction of sp³-hybridized carbons (Fsp3) is 0.280. The largest absolute Gasteiger partial charge is 0.497 e. The number of ketones is 1. The van der Waals surface area contributed by atoms with E-state index in [2.05, 4.69) is 5.10 Å². The zero-order valence-electron chi connectivity index (χ0n) is 18.2. The van der Waals surface area contributed by atoms with Crippen molar-refractivity contribution in [3.05, 3.63) is 87.8 Å². The topological polar surface area (TPSA) is 81.5 Å². The van der Waals surface area contributed by atoms with Gasteiger partial charge >= 0.3 is 0 Å². The maximum atomic E-state index is 13.1. The van der Waals surface area contributed by atoms with E-state index >= 15 is 0 Å². The number of ether oxygens (including phenoxy) is 1. The van der Waals surface area contributed by atoms with Crippen LogP contribution in [0.25, 0.3) is 5.69 Å². The number of hydrogen-bond acceptors (Lipinski definition) is 5. The molecule has 1 aliphatic rings. The standard InChI is InChI=1S/C25H25N3O4/c1-17-16-22(29)23(26-28(17)20-6-4-3-5-7-20)25(31)27-14-12-19(13-15-27)24(30)18-8-10-21(32-2)11-9-18/h3-11,16,19H,12-15H2,1-2H3. The van der Waals surface area contributed by atoms with Crippen molar-refractivity contribution in [2.45, 2.75) is 19.8 Å². The quantitative estimate of drug-likeness (QED) is 0.579. The summed E-state index contributed by atoms with van der Waals surface area (Å²) < 4.78 is 6.75. The van der Waals surface area contributed by atoms with Crippen LogP contribution in [0.3, 0.4) is 0 Å². The monoisotopic (exact) mass is 431 g/mol. The molecule has 0 N–H and O–H groups in total. The van der Waals surface area contributed by atoms with Crippen LogP contribution >= 0.6 is 0 Å². The van der Waals surface area contributed by atoms with Crippen molar-refractivity contribution in [3.63, 3.8) is 0 Å². The van der Waals surface area contributed by atoms with Gasteiger partial charge in [0.05, 0.1) is 12.8 Å². The summed E-state index contributed by atoms with van der Waals surface area (Å²) in [4.78, 5) is 40.1. The minimum atomic E-state index is -0.393. The smallest absolute Gasteiger partial charge is 0.278 e. The van der Waals surface area contributed by atoms with Gasteiger partial charge < -0.3 is 9.64 Å². The second-order valence-corrected chi connectivity index (χ2v) is 7.91. The lowest BCUT2D eigenvalue weighted by molar-refractivity contribution is 0.0642. The fourth-order valence-corrected chi connectivity index (χ4v) is 4.01. The molecule has 0 atom stereocenters. The molecule has 2 heterocycles. The van der Waals surface area contributed by atoms with E-state index < -0.39 is 11.3 Å². The Morgan fingerprint density at radius 1 is 1.00 bits per heavy atom. The van der Waals surface area contributed by atoms with Crippen molar-refractivity contribution in [3.8, 4) is 11.4 Å². The Kier molecular flexibility index (Phi) is 6.16. The molecule has 0 unspecified atom stereocenters. The molecule has 0 aliphatic carbocycles. The van der Waals surface area contributed by atoms with E-state index in [1.54, 1.807) is 47.9 Å². The van der Waals surface area contributed by atoms with Crippen molar-refractivity contribution in [1.29, 1.82) is 0 Å². The molecule has 32 heavy (non-hydrogen) atoms. The van der Waals surface area contributed by atoms with Gasteiger partial charge in [-0.2, -0.15) is 5.10 Å². The first-order valence-corrected chi connectivity index (χ1v) is 10.6. The summed E-state index contributed by atoms with van der Waals surface area (Å²) in [5.74, 6) is 0.225. The second-order valence-electron chi connectivity index (χ2n) is 7.91. The second kappa shape index (κ2) is 9.18. The molecule has 2 aromatic carbocycles. The summed E-state index contributed by atoms with van der Waals surface area (Å²) in [6, 6.07) is 17.9. The van der Waals surface area contributed by atoms with Crippen LogP contribution in [0, 0.1) is 12.8 Å². The Bertz CT molecular complexity index is 1180. The lowest BCUT2D eigenvalue weighted by Crippen LogP contribution is -2.42. The van der Waals surface area contributed by atoms with Crippen molar-refractivity contribution in [2.75, 3.05) is 20.2 Å². The molecule has 164 valence electrons. The Hall–Kier alpha value is -3.74. The van der Waals surface area contributed by atoms with E-state index in [1.165, 1.54) is 6.07 Å². The van der Waals surface area contributed by atoms with Crippen molar-refractivity contribution >= 4 is 11.7 Å². The Balaban J connectivity index is 1.47. The van der Waals surface area contributed by atoms with Crippen LogP contribution in [0.15, 0.2) is 65.5 Å². The summed E-state index contributed by atoms with van der Waals surface area (Å²) in [6.45, 7) is 2.60. The van der Waals surface area contributed by atoms with Crippen LogP contribution in [0.2, 0.25) is 0 Å². The molecule has 4 rings (SSSR count). The number of para-hydroxylation sites is 1. The van der Waals surface area contributed by atoms with Crippen LogP contribution in [0.1, 0.15) is 39.4 Å². The third kappa shape index (κ3) is 4.32. The number of benzene rings is 2. The molecular formula is C25H25N3O4. The fourth-order valence-electron chi connectivity index (χ4n) is 4.01. The zero-order chi connectivity index (χ0) is 22.7. The highest BCUT2D eigenvalue weighted by molar-refractivity contribution is 5.98. The molecule has 0 radical (unpaired) electrons. The van der Waals surface area contributed by atoms with Crippen LogP contribution in [0.4, 0.5) is 0 Å². The van der Waals surface area contributed by atoms with Crippen LogP contribution in [0.5, 0.6) is 5.75 Å². The maximum absolute atomic E-state index is 13.1. The Morgan fingerprint density at radius 2 is 1.66 bits per heavy atom.